The first-order valence-electron chi connectivity index (χ1n) is 11.5. The van der Waals surface area contributed by atoms with Crippen LogP contribution in [0.3, 0.4) is 0 Å². The van der Waals surface area contributed by atoms with Gasteiger partial charge in [0.05, 0.1) is 18.7 Å². The van der Waals surface area contributed by atoms with Crippen LogP contribution in [-0.4, -0.2) is 22.6 Å². The highest BCUT2D eigenvalue weighted by Crippen LogP contribution is 2.20. The molecule has 6 heteroatoms. The van der Waals surface area contributed by atoms with E-state index < -0.39 is 6.04 Å². The third kappa shape index (κ3) is 5.92. The molecule has 1 heterocycles. The molecule has 1 atom stereocenters. The fourth-order valence-electron chi connectivity index (χ4n) is 4.07. The van der Waals surface area contributed by atoms with Gasteiger partial charge in [0.15, 0.2) is 0 Å². The summed E-state index contributed by atoms with van der Waals surface area (Å²) in [6, 6.07) is 30.1. The van der Waals surface area contributed by atoms with Crippen LogP contribution in [0.5, 0.6) is 0 Å². The monoisotopic (exact) mass is 464 g/mol. The Morgan fingerprint density at radius 2 is 1.49 bits per heavy atom. The molecule has 35 heavy (non-hydrogen) atoms. The van der Waals surface area contributed by atoms with Crippen molar-refractivity contribution < 1.29 is 9.59 Å². The minimum absolute atomic E-state index is 0.0585. The van der Waals surface area contributed by atoms with E-state index in [9.17, 15) is 9.59 Å². The van der Waals surface area contributed by atoms with Crippen molar-refractivity contribution in [2.75, 3.05) is 0 Å². The Bertz CT molecular complexity index is 1310. The van der Waals surface area contributed by atoms with Crippen LogP contribution in [0.2, 0.25) is 0 Å². The van der Waals surface area contributed by atoms with Gasteiger partial charge in [0.1, 0.15) is 0 Å². The second kappa shape index (κ2) is 11.1. The summed E-state index contributed by atoms with van der Waals surface area (Å²) >= 11 is 0. The molecule has 2 N–H and O–H groups in total. The highest BCUT2D eigenvalue weighted by molar-refractivity contribution is 5.94. The van der Waals surface area contributed by atoms with Crippen LogP contribution in [0, 0.1) is 13.8 Å². The van der Waals surface area contributed by atoms with Crippen molar-refractivity contribution in [3.05, 3.63) is 125 Å². The van der Waals surface area contributed by atoms with Crippen LogP contribution in [0.1, 0.15) is 45.3 Å². The fraction of sp³-hybridized carbons (Fsp3) is 0.138. The summed E-state index contributed by atoms with van der Waals surface area (Å²) in [6.45, 7) is 4.06. The summed E-state index contributed by atoms with van der Waals surface area (Å²) < 4.78 is 2.15. The van der Waals surface area contributed by atoms with Gasteiger partial charge in [-0.3, -0.25) is 9.59 Å². The number of para-hydroxylation sites is 1. The molecule has 0 radical (unpaired) electrons. The number of nitrogens with one attached hydrogen (secondary N) is 2. The Morgan fingerprint density at radius 3 is 2.14 bits per heavy atom. The molecule has 4 aromatic rings. The van der Waals surface area contributed by atoms with Crippen molar-refractivity contribution >= 4 is 18.0 Å². The molecule has 0 aliphatic rings. The van der Waals surface area contributed by atoms with E-state index in [1.54, 1.807) is 18.3 Å². The van der Waals surface area contributed by atoms with E-state index >= 15 is 0 Å². The Labute approximate surface area is 205 Å². The van der Waals surface area contributed by atoms with Crippen molar-refractivity contribution in [2.24, 2.45) is 5.10 Å². The maximum atomic E-state index is 12.7. The summed E-state index contributed by atoms with van der Waals surface area (Å²) in [5, 5.41) is 7.16. The zero-order chi connectivity index (χ0) is 24.6. The van der Waals surface area contributed by atoms with Crippen molar-refractivity contribution in [3.8, 4) is 5.69 Å². The van der Waals surface area contributed by atoms with Gasteiger partial charge >= 0.3 is 0 Å². The molecule has 0 saturated carbocycles. The van der Waals surface area contributed by atoms with Crippen LogP contribution in [0.15, 0.2) is 102 Å². The molecule has 0 fully saturated rings. The predicted octanol–water partition coefficient (Wildman–Crippen LogP) is 5.11. The molecular formula is C29H28N4O2. The standard InChI is InChI=1S/C29H28N4O2/c1-21-18-25(22(2)33(21)26-16-10-5-11-17-26)20-30-32-28(34)19-27(23-12-6-3-7-13-23)31-29(35)24-14-8-4-9-15-24/h3-18,20,27H,19H2,1-2H3,(H,31,35)(H,32,34)/b30-20-/t27-/m0/s1. The molecule has 176 valence electrons. The zero-order valence-electron chi connectivity index (χ0n) is 19.8. The van der Waals surface area contributed by atoms with Crippen LogP contribution in [-0.2, 0) is 4.79 Å². The van der Waals surface area contributed by atoms with Crippen molar-refractivity contribution in [1.29, 1.82) is 0 Å². The quantitative estimate of drug-likeness (QED) is 0.281. The smallest absolute Gasteiger partial charge is 0.251 e. The van der Waals surface area contributed by atoms with E-state index in [0.29, 0.717) is 5.56 Å². The molecule has 0 aliphatic heterocycles. The normalized spacial score (nSPS) is 11.8. The van der Waals surface area contributed by atoms with Crippen molar-refractivity contribution in [1.82, 2.24) is 15.3 Å². The Kier molecular flexibility index (Phi) is 7.53. The average molecular weight is 465 g/mol. The second-order valence-corrected chi connectivity index (χ2v) is 8.30. The van der Waals surface area contributed by atoms with E-state index in [4.69, 9.17) is 0 Å². The lowest BCUT2D eigenvalue weighted by molar-refractivity contribution is -0.121. The van der Waals surface area contributed by atoms with E-state index in [2.05, 4.69) is 32.5 Å². The Hall–Kier alpha value is -4.45. The number of carbonyl (C=O) groups excluding carboxylic acids is 2. The molecule has 0 aliphatic carbocycles. The Morgan fingerprint density at radius 1 is 0.886 bits per heavy atom. The number of aromatic nitrogens is 1. The lowest BCUT2D eigenvalue weighted by Crippen LogP contribution is -2.32. The summed E-state index contributed by atoms with van der Waals surface area (Å²) in [5.74, 6) is -0.524. The number of hydrogen-bond donors (Lipinski definition) is 2. The maximum Gasteiger partial charge on any atom is 0.251 e. The summed E-state index contributed by atoms with van der Waals surface area (Å²) in [6.07, 6.45) is 1.71. The largest absolute Gasteiger partial charge is 0.345 e. The van der Waals surface area contributed by atoms with Crippen LogP contribution < -0.4 is 10.7 Å². The van der Waals surface area contributed by atoms with Gasteiger partial charge in [0, 0.05) is 28.2 Å². The summed E-state index contributed by atoms with van der Waals surface area (Å²) in [4.78, 5) is 25.5. The molecule has 4 rings (SSSR count). The predicted molar refractivity (Wildman–Crippen MR) is 139 cm³/mol. The molecule has 6 nitrogen and oxygen atoms in total. The van der Waals surface area contributed by atoms with E-state index in [1.165, 1.54) is 0 Å². The highest BCUT2D eigenvalue weighted by atomic mass is 16.2. The molecule has 1 aromatic heterocycles. The fourth-order valence-corrected chi connectivity index (χ4v) is 4.07. The topological polar surface area (TPSA) is 75.5 Å². The average Bonchev–Trinajstić information content (AvgIpc) is 3.17. The first-order valence-corrected chi connectivity index (χ1v) is 11.5. The molecule has 0 spiro atoms. The molecule has 3 aromatic carbocycles. The molecular weight excluding hydrogens is 436 g/mol. The third-order valence-electron chi connectivity index (χ3n) is 5.81. The van der Waals surface area contributed by atoms with Gasteiger partial charge in [0.25, 0.3) is 5.91 Å². The highest BCUT2D eigenvalue weighted by Gasteiger charge is 2.19. The maximum absolute atomic E-state index is 12.7. The van der Waals surface area contributed by atoms with Gasteiger partial charge < -0.3 is 9.88 Å². The number of rotatable bonds is 8. The van der Waals surface area contributed by atoms with Crippen LogP contribution >= 0.6 is 0 Å². The number of carbonyl (C=O) groups is 2. The van der Waals surface area contributed by atoms with Gasteiger partial charge in [-0.15, -0.1) is 0 Å². The zero-order valence-corrected chi connectivity index (χ0v) is 19.8. The molecule has 2 amide bonds. The SMILES string of the molecule is Cc1cc(/C=N\NC(=O)C[C@H](NC(=O)c2ccccc2)c2ccccc2)c(C)n1-c1ccccc1. The number of hydrogen-bond acceptors (Lipinski definition) is 3. The van der Waals surface area contributed by atoms with E-state index in [-0.39, 0.29) is 18.2 Å². The van der Waals surface area contributed by atoms with E-state index in [0.717, 1.165) is 28.2 Å². The lowest BCUT2D eigenvalue weighted by atomic mass is 10.0. The van der Waals surface area contributed by atoms with Crippen molar-refractivity contribution in [3.63, 3.8) is 0 Å². The van der Waals surface area contributed by atoms with Gasteiger partial charge in [0.2, 0.25) is 5.91 Å². The lowest BCUT2D eigenvalue weighted by Gasteiger charge is -2.18. The van der Waals surface area contributed by atoms with Gasteiger partial charge in [-0.1, -0.05) is 66.7 Å². The molecule has 0 unspecified atom stereocenters. The minimum atomic E-state index is -0.484. The molecule has 0 bridgehead atoms. The number of hydrazone groups is 1. The minimum Gasteiger partial charge on any atom is -0.345 e. The van der Waals surface area contributed by atoms with Gasteiger partial charge in [-0.25, -0.2) is 5.43 Å². The number of amides is 2. The van der Waals surface area contributed by atoms with Gasteiger partial charge in [-0.2, -0.15) is 5.10 Å². The number of aryl methyl sites for hydroxylation is 1. The summed E-state index contributed by atoms with van der Waals surface area (Å²) in [7, 11) is 0. The number of nitrogens with zero attached hydrogens (tertiary/aromatic N) is 2. The first kappa shape index (κ1) is 23.7. The van der Waals surface area contributed by atoms with Gasteiger partial charge in [-0.05, 0) is 49.7 Å². The first-order chi connectivity index (χ1) is 17.0. The van der Waals surface area contributed by atoms with Crippen molar-refractivity contribution in [2.45, 2.75) is 26.3 Å². The summed E-state index contributed by atoms with van der Waals surface area (Å²) in [5.41, 5.74) is 8.11. The Balaban J connectivity index is 1.44. The van der Waals surface area contributed by atoms with E-state index in [1.807, 2.05) is 86.6 Å². The molecule has 0 saturated heterocycles. The van der Waals surface area contributed by atoms with Crippen LogP contribution in [0.25, 0.3) is 5.69 Å². The number of benzene rings is 3. The second-order valence-electron chi connectivity index (χ2n) is 8.30. The third-order valence-corrected chi connectivity index (χ3v) is 5.81. The van der Waals surface area contributed by atoms with Crippen LogP contribution in [0.4, 0.5) is 0 Å².